The highest BCUT2D eigenvalue weighted by molar-refractivity contribution is 5.58. The van der Waals surface area contributed by atoms with E-state index in [4.69, 9.17) is 5.73 Å². The molecule has 4 nitrogen and oxygen atoms in total. The molecule has 0 radical (unpaired) electrons. The molecule has 3 N–H and O–H groups in total. The topological polar surface area (TPSA) is 63.8 Å². The van der Waals surface area contributed by atoms with E-state index in [-0.39, 0.29) is 16.9 Å². The van der Waals surface area contributed by atoms with Gasteiger partial charge >= 0.3 is 6.18 Å². The fraction of sp³-hybridized carbons (Fsp3) is 0.375. The zero-order valence-corrected chi connectivity index (χ0v) is 13.5. The number of hydrogen-bond donors (Lipinski definition) is 2. The third-order valence-electron chi connectivity index (χ3n) is 3.08. The summed E-state index contributed by atoms with van der Waals surface area (Å²) in [6.45, 7) is 5.96. The molecule has 0 amide bonds. The van der Waals surface area contributed by atoms with Crippen molar-refractivity contribution in [1.29, 1.82) is 0 Å². The Bertz CT molecular complexity index is 736. The average Bonchev–Trinajstić information content (AvgIpc) is 2.39. The summed E-state index contributed by atoms with van der Waals surface area (Å²) in [5.74, 6) is -1.11. The van der Waals surface area contributed by atoms with Crippen LogP contribution in [-0.2, 0) is 12.6 Å². The molecule has 2 aromatic rings. The molecule has 1 heterocycles. The fourth-order valence-electron chi connectivity index (χ4n) is 2.16. The van der Waals surface area contributed by atoms with Crippen LogP contribution in [0.25, 0.3) is 0 Å². The number of nitrogens with zero attached hydrogens (tertiary/aromatic N) is 2. The maximum atomic E-state index is 14.2. The van der Waals surface area contributed by atoms with Crippen LogP contribution < -0.4 is 11.1 Å². The Labute approximate surface area is 137 Å². The van der Waals surface area contributed by atoms with Crippen molar-refractivity contribution >= 4 is 17.5 Å². The molecular weight excluding hydrogens is 324 g/mol. The van der Waals surface area contributed by atoms with E-state index in [1.165, 1.54) is 6.07 Å². The van der Waals surface area contributed by atoms with Gasteiger partial charge in [0, 0.05) is 11.8 Å². The van der Waals surface area contributed by atoms with Crippen molar-refractivity contribution in [3.05, 3.63) is 41.3 Å². The summed E-state index contributed by atoms with van der Waals surface area (Å²) >= 11 is 0. The predicted molar refractivity (Wildman–Crippen MR) is 84.3 cm³/mol. The van der Waals surface area contributed by atoms with Crippen molar-refractivity contribution in [2.75, 3.05) is 11.1 Å². The normalized spacial score (nSPS) is 12.3. The number of benzene rings is 1. The molecule has 0 aliphatic carbocycles. The van der Waals surface area contributed by atoms with E-state index >= 15 is 0 Å². The first-order valence-corrected chi connectivity index (χ1v) is 7.21. The molecule has 24 heavy (non-hydrogen) atoms. The highest BCUT2D eigenvalue weighted by atomic mass is 19.4. The minimum absolute atomic E-state index is 0.0848. The highest BCUT2D eigenvalue weighted by Gasteiger charge is 2.33. The zero-order valence-electron chi connectivity index (χ0n) is 13.5. The van der Waals surface area contributed by atoms with Crippen molar-refractivity contribution in [3.8, 4) is 0 Å². The van der Waals surface area contributed by atoms with Crippen LogP contribution in [0.15, 0.2) is 24.3 Å². The quantitative estimate of drug-likeness (QED) is 0.803. The smallest absolute Gasteiger partial charge is 0.368 e. The monoisotopic (exact) mass is 342 g/mol. The highest BCUT2D eigenvalue weighted by Crippen LogP contribution is 2.30. The summed E-state index contributed by atoms with van der Waals surface area (Å²) in [6.07, 6.45) is -4.10. The summed E-state index contributed by atoms with van der Waals surface area (Å²) in [6, 6.07) is 5.11. The lowest BCUT2D eigenvalue weighted by molar-refractivity contribution is -0.141. The molecule has 2 rings (SSSR count). The molecule has 0 saturated carbocycles. The molecular formula is C16H18F4N4. The molecule has 0 aliphatic heterocycles. The van der Waals surface area contributed by atoms with E-state index in [1.54, 1.807) is 12.1 Å². The Kier molecular flexibility index (Phi) is 4.68. The van der Waals surface area contributed by atoms with Gasteiger partial charge in [-0.25, -0.2) is 9.37 Å². The van der Waals surface area contributed by atoms with Gasteiger partial charge in [-0.1, -0.05) is 26.8 Å². The number of halogens is 4. The Balaban J connectivity index is 2.26. The summed E-state index contributed by atoms with van der Waals surface area (Å²) in [7, 11) is 0. The van der Waals surface area contributed by atoms with Gasteiger partial charge in [0.1, 0.15) is 11.6 Å². The van der Waals surface area contributed by atoms with E-state index in [0.29, 0.717) is 12.0 Å². The average molecular weight is 342 g/mol. The third-order valence-corrected chi connectivity index (χ3v) is 3.08. The predicted octanol–water partition coefficient (Wildman–Crippen LogP) is 4.55. The first kappa shape index (κ1) is 18.0. The third kappa shape index (κ3) is 4.81. The number of hydrogen-bond acceptors (Lipinski definition) is 4. The maximum Gasteiger partial charge on any atom is 0.433 e. The van der Waals surface area contributed by atoms with Crippen LogP contribution in [0.3, 0.4) is 0 Å². The van der Waals surface area contributed by atoms with Crippen LogP contribution in [0.5, 0.6) is 0 Å². The van der Waals surface area contributed by atoms with Crippen LogP contribution in [-0.4, -0.2) is 9.97 Å². The molecule has 0 atom stereocenters. The molecule has 0 unspecified atom stereocenters. The Morgan fingerprint density at radius 3 is 2.29 bits per heavy atom. The fourth-order valence-corrected chi connectivity index (χ4v) is 2.16. The van der Waals surface area contributed by atoms with Crippen LogP contribution in [0.2, 0.25) is 0 Å². The van der Waals surface area contributed by atoms with Gasteiger partial charge in [-0.2, -0.15) is 18.2 Å². The zero-order chi connectivity index (χ0) is 18.1. The van der Waals surface area contributed by atoms with Gasteiger partial charge in [-0.05, 0) is 29.5 Å². The van der Waals surface area contributed by atoms with E-state index in [1.807, 2.05) is 20.8 Å². The Morgan fingerprint density at radius 2 is 1.75 bits per heavy atom. The number of anilines is 3. The SMILES string of the molecule is CC(C)(C)Cc1ccc(Nc2cc(C(F)(F)F)nc(N)n2)cc1F. The van der Waals surface area contributed by atoms with Gasteiger partial charge in [0.2, 0.25) is 5.95 Å². The van der Waals surface area contributed by atoms with Gasteiger partial charge in [-0.15, -0.1) is 0 Å². The van der Waals surface area contributed by atoms with E-state index < -0.39 is 23.6 Å². The molecule has 1 aromatic heterocycles. The van der Waals surface area contributed by atoms with Gasteiger partial charge in [0.15, 0.2) is 5.69 Å². The lowest BCUT2D eigenvalue weighted by atomic mass is 9.88. The van der Waals surface area contributed by atoms with Crippen molar-refractivity contribution in [3.63, 3.8) is 0 Å². The maximum absolute atomic E-state index is 14.2. The number of rotatable bonds is 3. The first-order chi connectivity index (χ1) is 10.9. The number of alkyl halides is 3. The number of nitrogens with two attached hydrogens (primary N) is 1. The minimum Gasteiger partial charge on any atom is -0.368 e. The van der Waals surface area contributed by atoms with Gasteiger partial charge in [-0.3, -0.25) is 0 Å². The van der Waals surface area contributed by atoms with E-state index in [9.17, 15) is 17.6 Å². The number of aromatic nitrogens is 2. The van der Waals surface area contributed by atoms with E-state index in [0.717, 1.165) is 6.07 Å². The van der Waals surface area contributed by atoms with Crippen molar-refractivity contribution in [2.45, 2.75) is 33.4 Å². The number of nitrogen functional groups attached to an aromatic ring is 1. The molecule has 1 aromatic carbocycles. The molecule has 130 valence electrons. The molecule has 0 saturated heterocycles. The summed E-state index contributed by atoms with van der Waals surface area (Å²) < 4.78 is 52.3. The first-order valence-electron chi connectivity index (χ1n) is 7.21. The molecule has 0 fully saturated rings. The number of nitrogens with one attached hydrogen (secondary N) is 1. The van der Waals surface area contributed by atoms with Crippen LogP contribution in [0.4, 0.5) is 35.0 Å². The van der Waals surface area contributed by atoms with Crippen molar-refractivity contribution in [2.24, 2.45) is 5.41 Å². The second kappa shape index (κ2) is 6.26. The molecule has 8 heteroatoms. The molecule has 0 spiro atoms. The molecule has 0 bridgehead atoms. The van der Waals surface area contributed by atoms with Gasteiger partial charge in [0.25, 0.3) is 0 Å². The van der Waals surface area contributed by atoms with Crippen LogP contribution >= 0.6 is 0 Å². The Hall–Kier alpha value is -2.38. The van der Waals surface area contributed by atoms with Gasteiger partial charge < -0.3 is 11.1 Å². The standard InChI is InChI=1S/C16H18F4N4/c1-15(2,3)8-9-4-5-10(6-11(9)17)22-13-7-12(16(18,19)20)23-14(21)24-13/h4-7H,8H2,1-3H3,(H3,21,22,23,24). The van der Waals surface area contributed by atoms with E-state index in [2.05, 4.69) is 15.3 Å². The van der Waals surface area contributed by atoms with Crippen LogP contribution in [0.1, 0.15) is 32.0 Å². The summed E-state index contributed by atoms with van der Waals surface area (Å²) in [5, 5.41) is 2.62. The largest absolute Gasteiger partial charge is 0.433 e. The summed E-state index contributed by atoms with van der Waals surface area (Å²) in [5.41, 5.74) is 4.86. The lowest BCUT2D eigenvalue weighted by Gasteiger charge is -2.19. The van der Waals surface area contributed by atoms with Gasteiger partial charge in [0.05, 0.1) is 0 Å². The van der Waals surface area contributed by atoms with Crippen LogP contribution in [0, 0.1) is 11.2 Å². The van der Waals surface area contributed by atoms with Crippen molar-refractivity contribution < 1.29 is 17.6 Å². The van der Waals surface area contributed by atoms with Crippen molar-refractivity contribution in [1.82, 2.24) is 9.97 Å². The summed E-state index contributed by atoms with van der Waals surface area (Å²) in [4.78, 5) is 6.83. The second-order valence-electron chi connectivity index (χ2n) is 6.66. The molecule has 0 aliphatic rings. The Morgan fingerprint density at radius 1 is 1.08 bits per heavy atom. The second-order valence-corrected chi connectivity index (χ2v) is 6.66. The lowest BCUT2D eigenvalue weighted by Crippen LogP contribution is -2.12. The minimum atomic E-state index is -4.64.